The lowest BCUT2D eigenvalue weighted by Gasteiger charge is -2.12. The number of aliphatic hydroxyl groups is 1. The van der Waals surface area contributed by atoms with Gasteiger partial charge in [0.05, 0.1) is 6.61 Å². The number of esters is 1. The summed E-state index contributed by atoms with van der Waals surface area (Å²) in [4.78, 5) is 11.5. The van der Waals surface area contributed by atoms with E-state index in [-0.39, 0.29) is 6.61 Å². The highest BCUT2D eigenvalue weighted by Gasteiger charge is 2.20. The number of benzene rings is 2. The van der Waals surface area contributed by atoms with Crippen LogP contribution in [0.5, 0.6) is 0 Å². The molecule has 2 aromatic rings. The summed E-state index contributed by atoms with van der Waals surface area (Å²) in [5.74, 6) is -0.608. The first-order valence-electron chi connectivity index (χ1n) is 5.56. The van der Waals surface area contributed by atoms with E-state index in [0.717, 1.165) is 10.8 Å². The molecule has 0 amide bonds. The molecule has 1 atom stereocenters. The fourth-order valence-electron chi connectivity index (χ4n) is 1.84. The summed E-state index contributed by atoms with van der Waals surface area (Å²) in [5, 5.41) is 11.8. The van der Waals surface area contributed by atoms with E-state index in [1.165, 1.54) is 0 Å². The predicted octanol–water partition coefficient (Wildman–Crippen LogP) is 2.44. The van der Waals surface area contributed by atoms with Crippen LogP contribution in [-0.4, -0.2) is 17.7 Å². The summed E-state index contributed by atoms with van der Waals surface area (Å²) in [5.41, 5.74) is 0.585. The minimum Gasteiger partial charge on any atom is -0.464 e. The highest BCUT2D eigenvalue weighted by Crippen LogP contribution is 2.24. The molecular formula is C14H14O3. The largest absolute Gasteiger partial charge is 0.464 e. The van der Waals surface area contributed by atoms with Crippen molar-refractivity contribution in [3.63, 3.8) is 0 Å². The van der Waals surface area contributed by atoms with E-state index in [9.17, 15) is 9.90 Å². The van der Waals surface area contributed by atoms with Gasteiger partial charge in [0.1, 0.15) is 0 Å². The first-order valence-corrected chi connectivity index (χ1v) is 5.56. The summed E-state index contributed by atoms with van der Waals surface area (Å²) < 4.78 is 4.82. The highest BCUT2D eigenvalue weighted by atomic mass is 16.5. The van der Waals surface area contributed by atoms with E-state index < -0.39 is 12.1 Å². The van der Waals surface area contributed by atoms with Gasteiger partial charge in [-0.25, -0.2) is 4.79 Å². The molecule has 0 spiro atoms. The van der Waals surface area contributed by atoms with Crippen LogP contribution in [-0.2, 0) is 9.53 Å². The Labute approximate surface area is 99.6 Å². The molecule has 0 aliphatic rings. The molecular weight excluding hydrogens is 216 g/mol. The Morgan fingerprint density at radius 3 is 2.71 bits per heavy atom. The van der Waals surface area contributed by atoms with Crippen molar-refractivity contribution >= 4 is 16.7 Å². The lowest BCUT2D eigenvalue weighted by molar-refractivity contribution is -0.153. The molecule has 0 saturated heterocycles. The monoisotopic (exact) mass is 230 g/mol. The van der Waals surface area contributed by atoms with Crippen molar-refractivity contribution in [3.05, 3.63) is 48.0 Å². The van der Waals surface area contributed by atoms with Gasteiger partial charge in [0.25, 0.3) is 0 Å². The number of carbonyl (C=O) groups is 1. The number of hydrogen-bond donors (Lipinski definition) is 1. The van der Waals surface area contributed by atoms with Crippen LogP contribution >= 0.6 is 0 Å². The van der Waals surface area contributed by atoms with Gasteiger partial charge in [-0.2, -0.15) is 0 Å². The average Bonchev–Trinajstić information content (AvgIpc) is 2.37. The van der Waals surface area contributed by atoms with Crippen molar-refractivity contribution in [1.29, 1.82) is 0 Å². The van der Waals surface area contributed by atoms with Gasteiger partial charge in [-0.15, -0.1) is 0 Å². The number of ether oxygens (including phenoxy) is 1. The van der Waals surface area contributed by atoms with E-state index in [1.807, 2.05) is 36.4 Å². The molecule has 0 saturated carbocycles. The van der Waals surface area contributed by atoms with Gasteiger partial charge in [-0.1, -0.05) is 42.5 Å². The van der Waals surface area contributed by atoms with Gasteiger partial charge in [-0.05, 0) is 23.3 Å². The maximum Gasteiger partial charge on any atom is 0.339 e. The quantitative estimate of drug-likeness (QED) is 0.824. The summed E-state index contributed by atoms with van der Waals surface area (Å²) in [6, 6.07) is 13.1. The van der Waals surface area contributed by atoms with Crippen molar-refractivity contribution in [3.8, 4) is 0 Å². The molecule has 0 aromatic heterocycles. The molecule has 3 nitrogen and oxygen atoms in total. The summed E-state index contributed by atoms with van der Waals surface area (Å²) in [7, 11) is 0. The molecule has 0 fully saturated rings. The van der Waals surface area contributed by atoms with Gasteiger partial charge < -0.3 is 9.84 Å². The molecule has 0 bridgehead atoms. The molecule has 0 aliphatic carbocycles. The van der Waals surface area contributed by atoms with Crippen LogP contribution < -0.4 is 0 Å². The fourth-order valence-corrected chi connectivity index (χ4v) is 1.84. The molecule has 1 N–H and O–H groups in total. The molecule has 3 heteroatoms. The summed E-state index contributed by atoms with van der Waals surface area (Å²) >= 11 is 0. The average molecular weight is 230 g/mol. The summed E-state index contributed by atoms with van der Waals surface area (Å²) in [6.45, 7) is 1.98. The molecule has 2 aromatic carbocycles. The summed E-state index contributed by atoms with van der Waals surface area (Å²) in [6.07, 6.45) is -1.22. The number of aliphatic hydroxyl groups excluding tert-OH is 1. The van der Waals surface area contributed by atoms with Crippen LogP contribution in [0.3, 0.4) is 0 Å². The topological polar surface area (TPSA) is 46.5 Å². The van der Waals surface area contributed by atoms with Crippen molar-refractivity contribution in [1.82, 2.24) is 0 Å². The van der Waals surface area contributed by atoms with E-state index in [4.69, 9.17) is 4.74 Å². The Morgan fingerprint density at radius 2 is 1.94 bits per heavy atom. The van der Waals surface area contributed by atoms with Crippen LogP contribution in [0, 0.1) is 0 Å². The second-order valence-corrected chi connectivity index (χ2v) is 3.72. The lowest BCUT2D eigenvalue weighted by atomic mass is 10.0. The Balaban J connectivity index is 2.44. The third-order valence-corrected chi connectivity index (χ3v) is 2.63. The zero-order chi connectivity index (χ0) is 12.3. The minimum absolute atomic E-state index is 0.265. The zero-order valence-corrected chi connectivity index (χ0v) is 9.59. The molecule has 88 valence electrons. The van der Waals surface area contributed by atoms with Crippen LogP contribution in [0.25, 0.3) is 10.8 Å². The minimum atomic E-state index is -1.22. The van der Waals surface area contributed by atoms with E-state index in [2.05, 4.69) is 0 Å². The maximum atomic E-state index is 11.5. The number of carbonyl (C=O) groups excluding carboxylic acids is 1. The Kier molecular flexibility index (Phi) is 3.40. The van der Waals surface area contributed by atoms with Gasteiger partial charge >= 0.3 is 5.97 Å². The Morgan fingerprint density at radius 1 is 1.24 bits per heavy atom. The van der Waals surface area contributed by atoms with Crippen molar-refractivity contribution in [2.24, 2.45) is 0 Å². The lowest BCUT2D eigenvalue weighted by Crippen LogP contribution is -2.15. The highest BCUT2D eigenvalue weighted by molar-refractivity contribution is 5.90. The molecule has 0 radical (unpaired) electrons. The zero-order valence-electron chi connectivity index (χ0n) is 9.59. The smallest absolute Gasteiger partial charge is 0.339 e. The van der Waals surface area contributed by atoms with Crippen LogP contribution in [0.2, 0.25) is 0 Å². The van der Waals surface area contributed by atoms with Crippen molar-refractivity contribution < 1.29 is 14.6 Å². The van der Waals surface area contributed by atoms with Crippen LogP contribution in [0.4, 0.5) is 0 Å². The SMILES string of the molecule is CCOC(=O)C(O)c1cccc2ccccc12. The molecule has 17 heavy (non-hydrogen) atoms. The predicted molar refractivity (Wildman–Crippen MR) is 65.5 cm³/mol. The fraction of sp³-hybridized carbons (Fsp3) is 0.214. The molecule has 1 unspecified atom stereocenters. The molecule has 0 heterocycles. The third-order valence-electron chi connectivity index (χ3n) is 2.63. The normalized spacial score (nSPS) is 12.4. The molecule has 0 aliphatic heterocycles. The second-order valence-electron chi connectivity index (χ2n) is 3.72. The Bertz CT molecular complexity index is 528. The van der Waals surface area contributed by atoms with Gasteiger partial charge in [-0.3, -0.25) is 0 Å². The first-order chi connectivity index (χ1) is 8.24. The number of rotatable bonds is 3. The number of fused-ring (bicyclic) bond motifs is 1. The van der Waals surface area contributed by atoms with E-state index in [1.54, 1.807) is 13.0 Å². The van der Waals surface area contributed by atoms with Gasteiger partial charge in [0, 0.05) is 0 Å². The first kappa shape index (κ1) is 11.6. The van der Waals surface area contributed by atoms with Crippen molar-refractivity contribution in [2.45, 2.75) is 13.0 Å². The molecule has 2 rings (SSSR count). The van der Waals surface area contributed by atoms with Gasteiger partial charge in [0.15, 0.2) is 6.10 Å². The van der Waals surface area contributed by atoms with Crippen LogP contribution in [0.15, 0.2) is 42.5 Å². The van der Waals surface area contributed by atoms with Gasteiger partial charge in [0.2, 0.25) is 0 Å². The van der Waals surface area contributed by atoms with Crippen LogP contribution in [0.1, 0.15) is 18.6 Å². The standard InChI is InChI=1S/C14H14O3/c1-2-17-14(16)13(15)12-9-5-7-10-6-3-4-8-11(10)12/h3-9,13,15H,2H2,1H3. The number of hydrogen-bond acceptors (Lipinski definition) is 3. The van der Waals surface area contributed by atoms with E-state index >= 15 is 0 Å². The maximum absolute atomic E-state index is 11.5. The Hall–Kier alpha value is -1.87. The second kappa shape index (κ2) is 4.97. The third kappa shape index (κ3) is 2.29. The van der Waals surface area contributed by atoms with E-state index in [0.29, 0.717) is 5.56 Å². The van der Waals surface area contributed by atoms with Crippen molar-refractivity contribution in [2.75, 3.05) is 6.61 Å².